The molecule has 0 saturated carbocycles. The van der Waals surface area contributed by atoms with Crippen LogP contribution < -0.4 is 5.32 Å². The molecule has 1 heterocycles. The van der Waals surface area contributed by atoms with Crippen molar-refractivity contribution < 1.29 is 19.6 Å². The maximum Gasteiger partial charge on any atom is 0.283 e. The molecule has 0 fully saturated rings. The predicted octanol–water partition coefficient (Wildman–Crippen LogP) is 3.40. The first kappa shape index (κ1) is 20.0. The molecule has 0 aliphatic carbocycles. The van der Waals surface area contributed by atoms with E-state index in [0.717, 1.165) is 5.56 Å². The number of hydrogen-bond donors (Lipinski definition) is 3. The van der Waals surface area contributed by atoms with E-state index in [-0.39, 0.29) is 41.5 Å². The Labute approximate surface area is 168 Å². The number of amides is 2. The average molecular weight is 416 g/mol. The lowest BCUT2D eigenvalue weighted by Crippen LogP contribution is -2.29. The number of carbonyl (C=O) groups is 2. The van der Waals surface area contributed by atoms with Crippen LogP contribution in [0.4, 0.5) is 11.4 Å². The molecule has 3 N–H and O–H groups in total. The predicted molar refractivity (Wildman–Crippen MR) is 104 cm³/mol. The maximum absolute atomic E-state index is 11.9. The van der Waals surface area contributed by atoms with Gasteiger partial charge in [0.2, 0.25) is 11.8 Å². The van der Waals surface area contributed by atoms with Crippen LogP contribution in [0.5, 0.6) is 5.88 Å². The van der Waals surface area contributed by atoms with Gasteiger partial charge in [0, 0.05) is 22.5 Å². The second kappa shape index (κ2) is 8.48. The number of aromatic amines is 1. The van der Waals surface area contributed by atoms with E-state index >= 15 is 0 Å². The summed E-state index contributed by atoms with van der Waals surface area (Å²) in [6, 6.07) is 10.6. The number of H-pyrrole nitrogens is 1. The van der Waals surface area contributed by atoms with Crippen molar-refractivity contribution >= 4 is 45.7 Å². The van der Waals surface area contributed by atoms with Crippen LogP contribution >= 0.6 is 11.6 Å². The minimum Gasteiger partial charge on any atom is -0.493 e. The van der Waals surface area contributed by atoms with Gasteiger partial charge in [-0.3, -0.25) is 19.7 Å². The molecule has 2 aromatic carbocycles. The lowest BCUT2D eigenvalue weighted by Gasteiger charge is -2.02. The third-order valence-corrected chi connectivity index (χ3v) is 4.17. The zero-order chi connectivity index (χ0) is 21.0. The molecule has 0 unspecified atom stereocenters. The Balaban J connectivity index is 1.63. The summed E-state index contributed by atoms with van der Waals surface area (Å²) in [5.74, 6) is -1.53. The number of aromatic hydroxyl groups is 1. The Kier molecular flexibility index (Phi) is 5.84. The second-order valence-corrected chi connectivity index (χ2v) is 6.42. The number of rotatable bonds is 6. The molecule has 0 aliphatic heterocycles. The topological polar surface area (TPSA) is 150 Å². The zero-order valence-corrected chi connectivity index (χ0v) is 15.5. The van der Waals surface area contributed by atoms with Crippen molar-refractivity contribution in [3.05, 3.63) is 63.2 Å². The number of nitro benzene ring substituents is 1. The Hall–Kier alpha value is -3.79. The fourth-order valence-corrected chi connectivity index (χ4v) is 2.66. The van der Waals surface area contributed by atoms with Crippen molar-refractivity contribution in [1.82, 2.24) is 10.3 Å². The lowest BCUT2D eigenvalue weighted by molar-refractivity contribution is -0.384. The number of nitro groups is 1. The van der Waals surface area contributed by atoms with Crippen LogP contribution in [-0.2, 0) is 16.0 Å². The van der Waals surface area contributed by atoms with E-state index < -0.39 is 10.8 Å². The number of carbonyl (C=O) groups excluding carboxylic acids is 2. The Morgan fingerprint density at radius 2 is 1.93 bits per heavy atom. The zero-order valence-electron chi connectivity index (χ0n) is 14.8. The molecule has 0 spiro atoms. The molecule has 3 aromatic rings. The summed E-state index contributed by atoms with van der Waals surface area (Å²) in [4.78, 5) is 36.7. The number of nitrogens with one attached hydrogen (secondary N) is 2. The molecule has 0 saturated heterocycles. The SMILES string of the molecule is O=C(CNC(=O)Cc1ccc(Cl)cc1)N=Nc1c(O)[nH]c2ccc([N+](=O)[O-])cc12. The molecule has 3 rings (SSSR count). The van der Waals surface area contributed by atoms with Gasteiger partial charge in [0.15, 0.2) is 5.69 Å². The fourth-order valence-electron chi connectivity index (χ4n) is 2.53. The van der Waals surface area contributed by atoms with E-state index in [1.54, 1.807) is 24.3 Å². The molecule has 10 nitrogen and oxygen atoms in total. The van der Waals surface area contributed by atoms with Gasteiger partial charge < -0.3 is 15.4 Å². The fraction of sp³-hybridized carbons (Fsp3) is 0.111. The number of hydrogen-bond acceptors (Lipinski definition) is 6. The average Bonchev–Trinajstić information content (AvgIpc) is 3.00. The number of halogens is 1. The highest BCUT2D eigenvalue weighted by atomic mass is 35.5. The first-order chi connectivity index (χ1) is 13.8. The van der Waals surface area contributed by atoms with Crippen LogP contribution in [0, 0.1) is 10.1 Å². The van der Waals surface area contributed by atoms with Crippen LogP contribution in [0.15, 0.2) is 52.7 Å². The van der Waals surface area contributed by atoms with Crippen LogP contribution in [0.3, 0.4) is 0 Å². The van der Waals surface area contributed by atoms with Crippen LogP contribution in [0.25, 0.3) is 10.9 Å². The number of non-ortho nitro benzene ring substituents is 1. The van der Waals surface area contributed by atoms with Crippen molar-refractivity contribution in [2.24, 2.45) is 10.2 Å². The van der Waals surface area contributed by atoms with Gasteiger partial charge in [-0.25, -0.2) is 0 Å². The van der Waals surface area contributed by atoms with Crippen LogP contribution in [-0.4, -0.2) is 33.4 Å². The van der Waals surface area contributed by atoms with E-state index in [1.165, 1.54) is 18.2 Å². The molecule has 0 aliphatic rings. The van der Waals surface area contributed by atoms with Crippen LogP contribution in [0.1, 0.15) is 5.56 Å². The summed E-state index contributed by atoms with van der Waals surface area (Å²) in [7, 11) is 0. The third-order valence-electron chi connectivity index (χ3n) is 3.92. The molecule has 11 heteroatoms. The lowest BCUT2D eigenvalue weighted by atomic mass is 10.1. The highest BCUT2D eigenvalue weighted by Crippen LogP contribution is 2.37. The first-order valence-corrected chi connectivity index (χ1v) is 8.66. The van der Waals surface area contributed by atoms with Crippen molar-refractivity contribution in [1.29, 1.82) is 0 Å². The van der Waals surface area contributed by atoms with Gasteiger partial charge in [-0.05, 0) is 23.8 Å². The summed E-state index contributed by atoms with van der Waals surface area (Å²) in [6.07, 6.45) is 0.0640. The smallest absolute Gasteiger partial charge is 0.283 e. The summed E-state index contributed by atoms with van der Waals surface area (Å²) < 4.78 is 0. The van der Waals surface area contributed by atoms with Crippen molar-refractivity contribution in [2.75, 3.05) is 6.54 Å². The highest BCUT2D eigenvalue weighted by molar-refractivity contribution is 6.30. The van der Waals surface area contributed by atoms with E-state index in [2.05, 4.69) is 20.5 Å². The summed E-state index contributed by atoms with van der Waals surface area (Å²) in [6.45, 7) is -0.390. The minimum atomic E-state index is -0.756. The van der Waals surface area contributed by atoms with Gasteiger partial charge in [0.05, 0.1) is 16.9 Å². The maximum atomic E-state index is 11.9. The van der Waals surface area contributed by atoms with Crippen LogP contribution in [0.2, 0.25) is 5.02 Å². The van der Waals surface area contributed by atoms with Gasteiger partial charge in [-0.15, -0.1) is 10.2 Å². The largest absolute Gasteiger partial charge is 0.493 e. The molecule has 29 heavy (non-hydrogen) atoms. The Morgan fingerprint density at radius 3 is 2.62 bits per heavy atom. The highest BCUT2D eigenvalue weighted by Gasteiger charge is 2.15. The van der Waals surface area contributed by atoms with Crippen molar-refractivity contribution in [3.8, 4) is 5.88 Å². The molecule has 0 radical (unpaired) electrons. The van der Waals surface area contributed by atoms with Gasteiger partial charge in [-0.2, -0.15) is 0 Å². The number of benzene rings is 2. The first-order valence-electron chi connectivity index (χ1n) is 8.28. The number of aromatic nitrogens is 1. The Morgan fingerprint density at radius 1 is 1.21 bits per heavy atom. The Bertz CT molecular complexity index is 1120. The molecule has 2 amide bonds. The van der Waals surface area contributed by atoms with Gasteiger partial charge in [-0.1, -0.05) is 23.7 Å². The monoisotopic (exact) mass is 415 g/mol. The summed E-state index contributed by atoms with van der Waals surface area (Å²) >= 11 is 5.78. The second-order valence-electron chi connectivity index (χ2n) is 5.98. The summed E-state index contributed by atoms with van der Waals surface area (Å²) in [5, 5.41) is 31.1. The number of fused-ring (bicyclic) bond motifs is 1. The molecule has 148 valence electrons. The number of nitrogens with zero attached hydrogens (tertiary/aromatic N) is 3. The van der Waals surface area contributed by atoms with Gasteiger partial charge in [0.25, 0.3) is 11.6 Å². The van der Waals surface area contributed by atoms with E-state index in [1.807, 2.05) is 0 Å². The molecule has 0 bridgehead atoms. The molecular weight excluding hydrogens is 402 g/mol. The van der Waals surface area contributed by atoms with Crippen molar-refractivity contribution in [2.45, 2.75) is 6.42 Å². The molecule has 1 aromatic heterocycles. The minimum absolute atomic E-state index is 0.0640. The van der Waals surface area contributed by atoms with E-state index in [9.17, 15) is 24.8 Å². The summed E-state index contributed by atoms with van der Waals surface area (Å²) in [5.41, 5.74) is 0.815. The van der Waals surface area contributed by atoms with E-state index in [4.69, 9.17) is 11.6 Å². The molecule has 0 atom stereocenters. The van der Waals surface area contributed by atoms with Gasteiger partial charge >= 0.3 is 0 Å². The van der Waals surface area contributed by atoms with Crippen molar-refractivity contribution in [3.63, 3.8) is 0 Å². The quantitative estimate of drug-likeness (QED) is 0.320. The number of azo groups is 1. The third kappa shape index (κ3) is 4.93. The van der Waals surface area contributed by atoms with Gasteiger partial charge in [0.1, 0.15) is 6.54 Å². The van der Waals surface area contributed by atoms with E-state index in [0.29, 0.717) is 10.5 Å². The standard InChI is InChI=1S/C18H14ClN5O5/c19-11-3-1-10(2-4-11)7-15(25)20-9-16(26)22-23-17-13-8-12(24(28)29)5-6-14(13)21-18(17)27/h1-6,8,21,27H,7,9H2,(H,20,25). The molecular formula is C18H14ClN5O5. The normalized spacial score (nSPS) is 11.1.